The first-order chi connectivity index (χ1) is 12.7. The van der Waals surface area contributed by atoms with Gasteiger partial charge in [-0.1, -0.05) is 24.6 Å². The standard InChI is InChI=1S/C21H30N4O.HI/c1-2-22-20(24-14-12-21(16-24)10-6-11-21)23-15-19(26)25-13-5-8-17-7-3-4-9-18(17)25;/h3-4,7,9H,2,5-6,8,10-16H2,1H3,(H,22,23);1H. The first-order valence-electron chi connectivity index (χ1n) is 10.1. The van der Waals surface area contributed by atoms with E-state index in [4.69, 9.17) is 4.99 Å². The number of guanidine groups is 1. The van der Waals surface area contributed by atoms with Crippen molar-refractivity contribution in [3.05, 3.63) is 29.8 Å². The number of carbonyl (C=O) groups is 1. The molecule has 2 fully saturated rings. The number of rotatable bonds is 3. The maximum Gasteiger partial charge on any atom is 0.248 e. The zero-order chi connectivity index (χ0) is 18.0. The summed E-state index contributed by atoms with van der Waals surface area (Å²) in [5.41, 5.74) is 2.87. The second kappa shape index (κ2) is 8.80. The van der Waals surface area contributed by atoms with Crippen molar-refractivity contribution in [1.82, 2.24) is 10.2 Å². The number of nitrogens with one attached hydrogen (secondary N) is 1. The Bertz CT molecular complexity index is 701. The topological polar surface area (TPSA) is 47.9 Å². The van der Waals surface area contributed by atoms with E-state index in [0.29, 0.717) is 5.41 Å². The minimum Gasteiger partial charge on any atom is -0.357 e. The largest absolute Gasteiger partial charge is 0.357 e. The number of aliphatic imine (C=N–C) groups is 1. The Morgan fingerprint density at radius 3 is 2.70 bits per heavy atom. The molecular weight excluding hydrogens is 451 g/mol. The summed E-state index contributed by atoms with van der Waals surface area (Å²) in [5, 5.41) is 3.39. The van der Waals surface area contributed by atoms with E-state index in [0.717, 1.165) is 50.7 Å². The van der Waals surface area contributed by atoms with Gasteiger partial charge in [0, 0.05) is 31.9 Å². The molecule has 148 valence electrons. The zero-order valence-electron chi connectivity index (χ0n) is 16.2. The van der Waals surface area contributed by atoms with Gasteiger partial charge >= 0.3 is 0 Å². The van der Waals surface area contributed by atoms with Crippen molar-refractivity contribution >= 4 is 41.5 Å². The van der Waals surface area contributed by atoms with Gasteiger partial charge in [0.2, 0.25) is 5.91 Å². The zero-order valence-corrected chi connectivity index (χ0v) is 18.6. The number of para-hydroxylation sites is 1. The van der Waals surface area contributed by atoms with E-state index in [1.54, 1.807) is 0 Å². The molecule has 27 heavy (non-hydrogen) atoms. The molecule has 5 nitrogen and oxygen atoms in total. The smallest absolute Gasteiger partial charge is 0.248 e. The Labute approximate surface area is 179 Å². The van der Waals surface area contributed by atoms with Gasteiger partial charge in [-0.25, -0.2) is 4.99 Å². The van der Waals surface area contributed by atoms with Gasteiger partial charge in [-0.15, -0.1) is 24.0 Å². The predicted octanol–water partition coefficient (Wildman–Crippen LogP) is 3.43. The van der Waals surface area contributed by atoms with Gasteiger partial charge in [0.05, 0.1) is 0 Å². The molecule has 0 radical (unpaired) electrons. The van der Waals surface area contributed by atoms with Crippen LogP contribution in [-0.2, 0) is 11.2 Å². The molecule has 1 saturated carbocycles. The molecule has 1 N–H and O–H groups in total. The number of benzene rings is 1. The van der Waals surface area contributed by atoms with Crippen LogP contribution < -0.4 is 10.2 Å². The molecule has 6 heteroatoms. The Morgan fingerprint density at radius 1 is 1.19 bits per heavy atom. The van der Waals surface area contributed by atoms with Crippen molar-refractivity contribution in [3.8, 4) is 0 Å². The third-order valence-corrected chi connectivity index (χ3v) is 6.26. The van der Waals surface area contributed by atoms with Gasteiger partial charge in [0.15, 0.2) is 5.96 Å². The molecule has 1 amide bonds. The fraction of sp³-hybridized carbons (Fsp3) is 0.619. The lowest BCUT2D eigenvalue weighted by atomic mass is 9.68. The molecule has 3 aliphatic rings. The number of fused-ring (bicyclic) bond motifs is 1. The highest BCUT2D eigenvalue weighted by Crippen LogP contribution is 2.47. The van der Waals surface area contributed by atoms with E-state index >= 15 is 0 Å². The minimum absolute atomic E-state index is 0. The third kappa shape index (κ3) is 4.25. The van der Waals surface area contributed by atoms with Crippen LogP contribution in [0.5, 0.6) is 0 Å². The fourth-order valence-corrected chi connectivity index (χ4v) is 4.65. The molecule has 0 unspecified atom stereocenters. The van der Waals surface area contributed by atoms with Crippen molar-refractivity contribution in [2.24, 2.45) is 10.4 Å². The van der Waals surface area contributed by atoms with Crippen LogP contribution in [0.4, 0.5) is 5.69 Å². The van der Waals surface area contributed by atoms with Gasteiger partial charge in [-0.05, 0) is 56.1 Å². The number of aryl methyl sites for hydroxylation is 1. The SMILES string of the molecule is CCNC(=NCC(=O)N1CCCc2ccccc21)N1CCC2(CCC2)C1.I. The second-order valence-electron chi connectivity index (χ2n) is 7.97. The summed E-state index contributed by atoms with van der Waals surface area (Å²) in [6, 6.07) is 8.25. The van der Waals surface area contributed by atoms with E-state index in [2.05, 4.69) is 35.3 Å². The first-order valence-corrected chi connectivity index (χ1v) is 10.1. The second-order valence-corrected chi connectivity index (χ2v) is 7.97. The predicted molar refractivity (Wildman–Crippen MR) is 121 cm³/mol. The van der Waals surface area contributed by atoms with Gasteiger partial charge in [-0.3, -0.25) is 4.79 Å². The van der Waals surface area contributed by atoms with Crippen molar-refractivity contribution in [2.75, 3.05) is 37.6 Å². The van der Waals surface area contributed by atoms with Gasteiger partial charge in [-0.2, -0.15) is 0 Å². The molecule has 2 heterocycles. The van der Waals surface area contributed by atoms with Crippen LogP contribution in [0.15, 0.2) is 29.3 Å². The van der Waals surface area contributed by atoms with Crippen molar-refractivity contribution in [3.63, 3.8) is 0 Å². The van der Waals surface area contributed by atoms with E-state index < -0.39 is 0 Å². The van der Waals surface area contributed by atoms with E-state index in [9.17, 15) is 4.79 Å². The van der Waals surface area contributed by atoms with Gasteiger partial charge in [0.25, 0.3) is 0 Å². The average molecular weight is 482 g/mol. The molecule has 1 spiro atoms. The highest BCUT2D eigenvalue weighted by molar-refractivity contribution is 14.0. The number of nitrogens with zero attached hydrogens (tertiary/aromatic N) is 3. The normalized spacial score (nSPS) is 20.7. The number of carbonyl (C=O) groups excluding carboxylic acids is 1. The summed E-state index contributed by atoms with van der Waals surface area (Å²) >= 11 is 0. The lowest BCUT2D eigenvalue weighted by Gasteiger charge is -2.38. The van der Waals surface area contributed by atoms with Crippen LogP contribution in [0.25, 0.3) is 0 Å². The van der Waals surface area contributed by atoms with Crippen LogP contribution in [0.1, 0.15) is 44.6 Å². The molecule has 0 atom stereocenters. The molecule has 1 aromatic carbocycles. The number of hydrogen-bond acceptors (Lipinski definition) is 2. The van der Waals surface area contributed by atoms with E-state index in [1.807, 2.05) is 11.0 Å². The number of halogens is 1. The molecule has 4 rings (SSSR count). The lowest BCUT2D eigenvalue weighted by molar-refractivity contribution is -0.117. The van der Waals surface area contributed by atoms with Crippen LogP contribution in [-0.4, -0.2) is 49.5 Å². The number of amides is 1. The third-order valence-electron chi connectivity index (χ3n) is 6.26. The summed E-state index contributed by atoms with van der Waals surface area (Å²) in [7, 11) is 0. The molecule has 0 aromatic heterocycles. The molecule has 0 bridgehead atoms. The van der Waals surface area contributed by atoms with E-state index in [1.165, 1.54) is 31.2 Å². The number of anilines is 1. The monoisotopic (exact) mass is 482 g/mol. The quantitative estimate of drug-likeness (QED) is 0.408. The van der Waals surface area contributed by atoms with Crippen molar-refractivity contribution in [2.45, 2.75) is 45.4 Å². The van der Waals surface area contributed by atoms with Gasteiger partial charge in [0.1, 0.15) is 6.54 Å². The minimum atomic E-state index is 0. The molecule has 1 saturated heterocycles. The highest BCUT2D eigenvalue weighted by Gasteiger charge is 2.43. The molecule has 2 aliphatic heterocycles. The van der Waals surface area contributed by atoms with Crippen molar-refractivity contribution in [1.29, 1.82) is 0 Å². The first kappa shape index (κ1) is 20.4. The summed E-state index contributed by atoms with van der Waals surface area (Å²) in [4.78, 5) is 21.8. The Kier molecular flexibility index (Phi) is 6.65. The average Bonchev–Trinajstić information content (AvgIpc) is 3.10. The van der Waals surface area contributed by atoms with Crippen LogP contribution >= 0.6 is 24.0 Å². The van der Waals surface area contributed by atoms with Crippen LogP contribution in [0.2, 0.25) is 0 Å². The molecular formula is C21H31IN4O. The molecule has 1 aromatic rings. The summed E-state index contributed by atoms with van der Waals surface area (Å²) in [6.45, 7) is 6.11. The van der Waals surface area contributed by atoms with Gasteiger partial charge < -0.3 is 15.1 Å². The molecule has 1 aliphatic carbocycles. The van der Waals surface area contributed by atoms with Crippen LogP contribution in [0, 0.1) is 5.41 Å². The van der Waals surface area contributed by atoms with E-state index in [-0.39, 0.29) is 36.4 Å². The summed E-state index contributed by atoms with van der Waals surface area (Å²) in [6.07, 6.45) is 7.43. The van der Waals surface area contributed by atoms with Crippen molar-refractivity contribution < 1.29 is 4.79 Å². The summed E-state index contributed by atoms with van der Waals surface area (Å²) < 4.78 is 0. The van der Waals surface area contributed by atoms with Crippen LogP contribution in [0.3, 0.4) is 0 Å². The number of hydrogen-bond donors (Lipinski definition) is 1. The highest BCUT2D eigenvalue weighted by atomic mass is 127. The Morgan fingerprint density at radius 2 is 2.00 bits per heavy atom. The maximum absolute atomic E-state index is 12.9. The fourth-order valence-electron chi connectivity index (χ4n) is 4.65. The summed E-state index contributed by atoms with van der Waals surface area (Å²) in [5.74, 6) is 1.01. The number of likely N-dealkylation sites (tertiary alicyclic amines) is 1. The maximum atomic E-state index is 12.9. The lowest BCUT2D eigenvalue weighted by Crippen LogP contribution is -2.43. The Hall–Kier alpha value is -1.31. The Balaban J connectivity index is 0.00000210.